The van der Waals surface area contributed by atoms with E-state index in [0.717, 1.165) is 31.9 Å². The normalized spacial score (nSPS) is 20.5. The van der Waals surface area contributed by atoms with Gasteiger partial charge in [0, 0.05) is 32.8 Å². The molecule has 2 N–H and O–H groups in total. The van der Waals surface area contributed by atoms with E-state index >= 15 is 0 Å². The molecule has 0 aromatic heterocycles. The van der Waals surface area contributed by atoms with E-state index in [1.54, 1.807) is 7.11 Å². The summed E-state index contributed by atoms with van der Waals surface area (Å²) in [4.78, 5) is 4.83. The topological polar surface area (TPSA) is 41.7 Å². The summed E-state index contributed by atoms with van der Waals surface area (Å²) >= 11 is 0. The Morgan fingerprint density at radius 2 is 2.00 bits per heavy atom. The lowest BCUT2D eigenvalue weighted by molar-refractivity contribution is 0.149. The maximum Gasteiger partial charge on any atom is 0.0462 e. The zero-order chi connectivity index (χ0) is 13.4. The largest absolute Gasteiger partial charge is 0.385 e. The highest BCUT2D eigenvalue weighted by molar-refractivity contribution is 4.76. The molecule has 4 heteroatoms. The highest BCUT2D eigenvalue weighted by Crippen LogP contribution is 2.17. The summed E-state index contributed by atoms with van der Waals surface area (Å²) in [5, 5.41) is 0. The van der Waals surface area contributed by atoms with E-state index in [9.17, 15) is 0 Å². The molecular weight excluding hydrogens is 226 g/mol. The fraction of sp³-hybridized carbons (Fsp3) is 1.00. The number of nitrogens with zero attached hydrogens (tertiary/aromatic N) is 2. The molecule has 1 saturated heterocycles. The van der Waals surface area contributed by atoms with Gasteiger partial charge in [0.1, 0.15) is 0 Å². The van der Waals surface area contributed by atoms with Crippen LogP contribution in [-0.4, -0.2) is 69.8 Å². The summed E-state index contributed by atoms with van der Waals surface area (Å²) in [5.74, 6) is 0.876. The molecule has 1 aliphatic heterocycles. The first kappa shape index (κ1) is 15.9. The Morgan fingerprint density at radius 3 is 2.56 bits per heavy atom. The molecule has 4 nitrogen and oxygen atoms in total. The number of nitrogens with two attached hydrogens (primary N) is 1. The number of ether oxygens (including phenoxy) is 1. The Bertz CT molecular complexity index is 203. The molecule has 1 unspecified atom stereocenters. The van der Waals surface area contributed by atoms with Gasteiger partial charge in [-0.25, -0.2) is 0 Å². The second-order valence-electron chi connectivity index (χ2n) is 5.90. The van der Waals surface area contributed by atoms with Crippen molar-refractivity contribution in [3.8, 4) is 0 Å². The van der Waals surface area contributed by atoms with Gasteiger partial charge in [-0.1, -0.05) is 0 Å². The number of piperidine rings is 1. The van der Waals surface area contributed by atoms with Gasteiger partial charge >= 0.3 is 0 Å². The molecule has 1 heterocycles. The van der Waals surface area contributed by atoms with Crippen molar-refractivity contribution in [1.82, 2.24) is 9.80 Å². The molecule has 1 atom stereocenters. The Hall–Kier alpha value is -0.160. The zero-order valence-corrected chi connectivity index (χ0v) is 12.4. The molecule has 0 aromatic carbocycles. The van der Waals surface area contributed by atoms with Gasteiger partial charge in [0.25, 0.3) is 0 Å². The fourth-order valence-electron chi connectivity index (χ4n) is 2.78. The number of methoxy groups -OCH3 is 1. The monoisotopic (exact) mass is 257 g/mol. The van der Waals surface area contributed by atoms with Crippen molar-refractivity contribution >= 4 is 0 Å². The van der Waals surface area contributed by atoms with Crippen molar-refractivity contribution in [3.05, 3.63) is 0 Å². The first-order chi connectivity index (χ1) is 8.61. The van der Waals surface area contributed by atoms with Crippen LogP contribution < -0.4 is 5.73 Å². The van der Waals surface area contributed by atoms with Crippen LogP contribution in [0.25, 0.3) is 0 Å². The molecular formula is C14H31N3O. The molecule has 108 valence electrons. The highest BCUT2D eigenvalue weighted by atomic mass is 16.5. The third kappa shape index (κ3) is 6.69. The summed E-state index contributed by atoms with van der Waals surface area (Å²) in [6.45, 7) is 5.55. The second kappa shape index (κ2) is 8.86. The smallest absolute Gasteiger partial charge is 0.0462 e. The van der Waals surface area contributed by atoms with E-state index in [1.165, 1.54) is 32.5 Å². The van der Waals surface area contributed by atoms with Crippen molar-refractivity contribution < 1.29 is 4.74 Å². The van der Waals surface area contributed by atoms with Gasteiger partial charge in [0.05, 0.1) is 0 Å². The van der Waals surface area contributed by atoms with Crippen molar-refractivity contribution in [2.24, 2.45) is 11.7 Å². The predicted molar refractivity (Wildman–Crippen MR) is 76.8 cm³/mol. The van der Waals surface area contributed by atoms with Gasteiger partial charge in [-0.05, 0) is 58.8 Å². The lowest BCUT2D eigenvalue weighted by atomic mass is 9.96. The summed E-state index contributed by atoms with van der Waals surface area (Å²) in [6.07, 6.45) is 4.80. The van der Waals surface area contributed by atoms with Crippen molar-refractivity contribution in [3.63, 3.8) is 0 Å². The average Bonchev–Trinajstić information content (AvgIpc) is 2.31. The summed E-state index contributed by atoms with van der Waals surface area (Å²) < 4.78 is 5.06. The Labute approximate surface area is 112 Å². The number of hydrogen-bond acceptors (Lipinski definition) is 4. The van der Waals surface area contributed by atoms with Crippen LogP contribution in [0, 0.1) is 5.92 Å². The molecule has 0 radical (unpaired) electrons. The minimum atomic E-state index is 0.311. The molecule has 0 aromatic rings. The Kier molecular flexibility index (Phi) is 7.82. The molecule has 0 spiro atoms. The number of rotatable bonds is 8. The molecule has 0 bridgehead atoms. The molecule has 0 amide bonds. The van der Waals surface area contributed by atoms with Gasteiger partial charge < -0.3 is 20.3 Å². The molecule has 1 fully saturated rings. The summed E-state index contributed by atoms with van der Waals surface area (Å²) in [5.41, 5.74) is 6.16. The zero-order valence-electron chi connectivity index (χ0n) is 12.4. The van der Waals surface area contributed by atoms with E-state index < -0.39 is 0 Å². The van der Waals surface area contributed by atoms with Gasteiger partial charge in [0.2, 0.25) is 0 Å². The number of likely N-dealkylation sites (tertiary alicyclic amines) is 1. The van der Waals surface area contributed by atoms with E-state index in [-0.39, 0.29) is 0 Å². The lowest BCUT2D eigenvalue weighted by Gasteiger charge is -2.34. The molecule has 0 saturated carbocycles. The minimum Gasteiger partial charge on any atom is -0.385 e. The second-order valence-corrected chi connectivity index (χ2v) is 5.90. The lowest BCUT2D eigenvalue weighted by Crippen LogP contribution is -2.43. The third-order valence-corrected chi connectivity index (χ3v) is 3.75. The van der Waals surface area contributed by atoms with E-state index in [1.807, 2.05) is 0 Å². The Morgan fingerprint density at radius 1 is 1.33 bits per heavy atom. The maximum atomic E-state index is 6.16. The van der Waals surface area contributed by atoms with Crippen LogP contribution in [0.2, 0.25) is 0 Å². The highest BCUT2D eigenvalue weighted by Gasteiger charge is 2.20. The molecule has 18 heavy (non-hydrogen) atoms. The maximum absolute atomic E-state index is 6.16. The number of hydrogen-bond donors (Lipinski definition) is 1. The predicted octanol–water partition coefficient (Wildman–Crippen LogP) is 1.01. The third-order valence-electron chi connectivity index (χ3n) is 3.75. The molecule has 1 aliphatic rings. The van der Waals surface area contributed by atoms with Crippen molar-refractivity contribution in [2.75, 3.05) is 54.0 Å². The van der Waals surface area contributed by atoms with Gasteiger partial charge in [-0.15, -0.1) is 0 Å². The SMILES string of the molecule is COCCCC(N)CN1CCC(CN(C)C)CC1. The van der Waals surface area contributed by atoms with E-state index in [0.29, 0.717) is 6.04 Å². The fourth-order valence-corrected chi connectivity index (χ4v) is 2.78. The first-order valence-corrected chi connectivity index (χ1v) is 7.23. The van der Waals surface area contributed by atoms with Crippen molar-refractivity contribution in [2.45, 2.75) is 31.7 Å². The van der Waals surface area contributed by atoms with Crippen LogP contribution in [0.4, 0.5) is 0 Å². The molecule has 0 aliphatic carbocycles. The average molecular weight is 257 g/mol. The van der Waals surface area contributed by atoms with Crippen LogP contribution in [0.15, 0.2) is 0 Å². The van der Waals surface area contributed by atoms with Crippen LogP contribution in [0.5, 0.6) is 0 Å². The van der Waals surface area contributed by atoms with Gasteiger partial charge in [-0.2, -0.15) is 0 Å². The summed E-state index contributed by atoms with van der Waals surface area (Å²) in [7, 11) is 6.08. The standard InChI is InChI=1S/C14H31N3O/c1-16(2)11-13-6-8-17(9-7-13)12-14(15)5-4-10-18-3/h13-14H,4-12,15H2,1-3H3. The van der Waals surface area contributed by atoms with Crippen LogP contribution in [0.1, 0.15) is 25.7 Å². The molecule has 1 rings (SSSR count). The van der Waals surface area contributed by atoms with Crippen LogP contribution in [0.3, 0.4) is 0 Å². The van der Waals surface area contributed by atoms with E-state index in [2.05, 4.69) is 23.9 Å². The van der Waals surface area contributed by atoms with Crippen molar-refractivity contribution in [1.29, 1.82) is 0 Å². The van der Waals surface area contributed by atoms with E-state index in [4.69, 9.17) is 10.5 Å². The van der Waals surface area contributed by atoms with Gasteiger partial charge in [-0.3, -0.25) is 0 Å². The van der Waals surface area contributed by atoms with Crippen LogP contribution >= 0.6 is 0 Å². The first-order valence-electron chi connectivity index (χ1n) is 7.23. The summed E-state index contributed by atoms with van der Waals surface area (Å²) in [6, 6.07) is 0.311. The minimum absolute atomic E-state index is 0.311. The van der Waals surface area contributed by atoms with Gasteiger partial charge in [0.15, 0.2) is 0 Å². The Balaban J connectivity index is 2.11. The quantitative estimate of drug-likeness (QED) is 0.659. The van der Waals surface area contributed by atoms with Crippen LogP contribution in [-0.2, 0) is 4.74 Å².